The molecule has 1 aliphatic carbocycles. The fourth-order valence-corrected chi connectivity index (χ4v) is 5.11. The highest BCUT2D eigenvalue weighted by Gasteiger charge is 2.40. The fraction of sp³-hybridized carbons (Fsp3) is 0.346. The van der Waals surface area contributed by atoms with E-state index < -0.39 is 17.8 Å². The van der Waals surface area contributed by atoms with Gasteiger partial charge in [-0.2, -0.15) is 0 Å². The maximum Gasteiger partial charge on any atom is 0.331 e. The number of halogens is 2. The second-order valence-electron chi connectivity index (χ2n) is 8.43. The quantitative estimate of drug-likeness (QED) is 0.337. The molecular formula is C26H26BrClN2O5. The van der Waals surface area contributed by atoms with E-state index in [1.165, 1.54) is 11.0 Å². The average Bonchev–Trinajstić information content (AvgIpc) is 2.83. The van der Waals surface area contributed by atoms with Crippen LogP contribution in [-0.4, -0.2) is 35.4 Å². The molecule has 1 N–H and O–H groups in total. The van der Waals surface area contributed by atoms with Gasteiger partial charge in [0.15, 0.2) is 11.5 Å². The zero-order valence-corrected chi connectivity index (χ0v) is 21.7. The zero-order chi connectivity index (χ0) is 24.9. The molecular weight excluding hydrogens is 536 g/mol. The van der Waals surface area contributed by atoms with Gasteiger partial charge in [-0.05, 0) is 65.5 Å². The number of ether oxygens (including phenoxy) is 2. The number of nitrogens with zero attached hydrogens (tertiary/aromatic N) is 1. The van der Waals surface area contributed by atoms with Crippen LogP contribution in [0.3, 0.4) is 0 Å². The maximum absolute atomic E-state index is 13.2. The fourth-order valence-electron chi connectivity index (χ4n) is 4.35. The van der Waals surface area contributed by atoms with Crippen molar-refractivity contribution >= 4 is 51.5 Å². The summed E-state index contributed by atoms with van der Waals surface area (Å²) in [5.41, 5.74) is 1.29. The summed E-state index contributed by atoms with van der Waals surface area (Å²) < 4.78 is 12.4. The summed E-state index contributed by atoms with van der Waals surface area (Å²) in [6, 6.07) is 9.99. The molecule has 7 nitrogen and oxygen atoms in total. The van der Waals surface area contributed by atoms with E-state index in [9.17, 15) is 14.4 Å². The van der Waals surface area contributed by atoms with Crippen molar-refractivity contribution in [2.45, 2.75) is 51.7 Å². The first-order valence-corrected chi connectivity index (χ1v) is 12.8. The number of benzene rings is 2. The van der Waals surface area contributed by atoms with Crippen molar-refractivity contribution in [3.05, 3.63) is 62.6 Å². The van der Waals surface area contributed by atoms with Crippen molar-refractivity contribution in [3.63, 3.8) is 0 Å². The van der Waals surface area contributed by atoms with Crippen LogP contribution in [0, 0.1) is 0 Å². The maximum atomic E-state index is 13.2. The lowest BCUT2D eigenvalue weighted by atomic mass is 9.93. The van der Waals surface area contributed by atoms with E-state index in [2.05, 4.69) is 21.2 Å². The molecule has 4 amide bonds. The lowest BCUT2D eigenvalue weighted by Crippen LogP contribution is -2.58. The Hall–Kier alpha value is -2.84. The second-order valence-corrected chi connectivity index (χ2v) is 9.69. The number of carbonyl (C=O) groups is 3. The van der Waals surface area contributed by atoms with Gasteiger partial charge in [0.05, 0.1) is 11.1 Å². The van der Waals surface area contributed by atoms with E-state index >= 15 is 0 Å². The van der Waals surface area contributed by atoms with Gasteiger partial charge in [-0.25, -0.2) is 4.79 Å². The normalized spacial score (nSPS) is 18.1. The van der Waals surface area contributed by atoms with Crippen molar-refractivity contribution in [1.29, 1.82) is 0 Å². The first kappa shape index (κ1) is 25.3. The number of nitrogens with one attached hydrogen (secondary N) is 1. The molecule has 2 aromatic rings. The van der Waals surface area contributed by atoms with Crippen LogP contribution in [-0.2, 0) is 16.2 Å². The Balaban J connectivity index is 1.62. The summed E-state index contributed by atoms with van der Waals surface area (Å²) in [6.45, 7) is 2.47. The van der Waals surface area contributed by atoms with Crippen LogP contribution in [0.4, 0.5) is 4.79 Å². The Labute approximate surface area is 217 Å². The van der Waals surface area contributed by atoms with E-state index in [0.717, 1.165) is 37.7 Å². The molecule has 35 heavy (non-hydrogen) atoms. The predicted octanol–water partition coefficient (Wildman–Crippen LogP) is 5.87. The number of amides is 4. The number of rotatable bonds is 7. The van der Waals surface area contributed by atoms with Gasteiger partial charge in [0, 0.05) is 16.6 Å². The molecule has 2 fully saturated rings. The smallest absolute Gasteiger partial charge is 0.331 e. The number of carbonyl (C=O) groups excluding carboxylic acids is 3. The Morgan fingerprint density at radius 1 is 1.11 bits per heavy atom. The third-order valence-electron chi connectivity index (χ3n) is 6.05. The second kappa shape index (κ2) is 11.3. The molecule has 9 heteroatoms. The highest BCUT2D eigenvalue weighted by Crippen LogP contribution is 2.38. The molecule has 0 bridgehead atoms. The molecule has 0 spiro atoms. The molecule has 184 valence electrons. The monoisotopic (exact) mass is 560 g/mol. The van der Waals surface area contributed by atoms with E-state index in [1.807, 2.05) is 25.1 Å². The Morgan fingerprint density at radius 2 is 1.86 bits per heavy atom. The summed E-state index contributed by atoms with van der Waals surface area (Å²) in [7, 11) is 0. The van der Waals surface area contributed by atoms with Crippen LogP contribution in [0.15, 0.2) is 46.4 Å². The molecule has 1 aliphatic heterocycles. The van der Waals surface area contributed by atoms with E-state index in [1.54, 1.807) is 18.2 Å². The molecule has 4 rings (SSSR count). The van der Waals surface area contributed by atoms with Crippen LogP contribution in [0.5, 0.6) is 11.5 Å². The lowest BCUT2D eigenvalue weighted by molar-refractivity contribution is -0.132. The van der Waals surface area contributed by atoms with Crippen molar-refractivity contribution in [2.75, 3.05) is 6.61 Å². The van der Waals surface area contributed by atoms with Gasteiger partial charge in [-0.1, -0.05) is 49.1 Å². The van der Waals surface area contributed by atoms with Gasteiger partial charge in [-0.15, -0.1) is 0 Å². The summed E-state index contributed by atoms with van der Waals surface area (Å²) in [6.07, 6.45) is 5.96. The molecule has 1 saturated heterocycles. The van der Waals surface area contributed by atoms with Crippen molar-refractivity contribution < 1.29 is 23.9 Å². The number of hydrogen-bond donors (Lipinski definition) is 1. The minimum absolute atomic E-state index is 0.0887. The number of imide groups is 2. The van der Waals surface area contributed by atoms with Crippen LogP contribution >= 0.6 is 27.5 Å². The highest BCUT2D eigenvalue weighted by atomic mass is 79.9. The average molecular weight is 562 g/mol. The largest absolute Gasteiger partial charge is 0.490 e. The molecule has 0 unspecified atom stereocenters. The van der Waals surface area contributed by atoms with Gasteiger partial charge in [0.1, 0.15) is 12.2 Å². The number of barbiturate groups is 1. The minimum atomic E-state index is -0.708. The Morgan fingerprint density at radius 3 is 2.57 bits per heavy atom. The number of urea groups is 1. The topological polar surface area (TPSA) is 84.9 Å². The molecule has 2 aliphatic rings. The van der Waals surface area contributed by atoms with E-state index in [4.69, 9.17) is 21.1 Å². The van der Waals surface area contributed by atoms with Gasteiger partial charge in [0.25, 0.3) is 11.8 Å². The minimum Gasteiger partial charge on any atom is -0.490 e. The van der Waals surface area contributed by atoms with Gasteiger partial charge < -0.3 is 9.47 Å². The predicted molar refractivity (Wildman–Crippen MR) is 136 cm³/mol. The van der Waals surface area contributed by atoms with Crippen molar-refractivity contribution in [2.24, 2.45) is 0 Å². The third kappa shape index (κ3) is 5.70. The lowest BCUT2D eigenvalue weighted by Gasteiger charge is -2.35. The zero-order valence-electron chi connectivity index (χ0n) is 19.3. The SMILES string of the molecule is CCOc1cc(C=C2C(=O)NC(=O)N(C3CCCCC3)C2=O)cc(Br)c1OCc1ccccc1Cl. The van der Waals surface area contributed by atoms with Crippen LogP contribution in [0.25, 0.3) is 6.08 Å². The number of hydrogen-bond acceptors (Lipinski definition) is 5. The molecule has 0 atom stereocenters. The first-order valence-electron chi connectivity index (χ1n) is 11.6. The van der Waals surface area contributed by atoms with E-state index in [0.29, 0.717) is 33.2 Å². The van der Waals surface area contributed by atoms with E-state index in [-0.39, 0.29) is 18.2 Å². The van der Waals surface area contributed by atoms with Crippen molar-refractivity contribution in [3.8, 4) is 11.5 Å². The summed E-state index contributed by atoms with van der Waals surface area (Å²) in [5, 5.41) is 2.91. The van der Waals surface area contributed by atoms with Crippen LogP contribution < -0.4 is 14.8 Å². The Kier molecular flexibility index (Phi) is 8.13. The molecule has 1 heterocycles. The third-order valence-corrected chi connectivity index (χ3v) is 7.00. The molecule has 0 aromatic heterocycles. The van der Waals surface area contributed by atoms with Crippen LogP contribution in [0.2, 0.25) is 5.02 Å². The van der Waals surface area contributed by atoms with Crippen molar-refractivity contribution in [1.82, 2.24) is 10.2 Å². The molecule has 2 aromatic carbocycles. The van der Waals surface area contributed by atoms with Gasteiger partial charge in [-0.3, -0.25) is 19.8 Å². The summed E-state index contributed by atoms with van der Waals surface area (Å²) >= 11 is 9.76. The summed E-state index contributed by atoms with van der Waals surface area (Å²) in [4.78, 5) is 39.4. The Bertz CT molecular complexity index is 1180. The van der Waals surface area contributed by atoms with Gasteiger partial charge in [0.2, 0.25) is 0 Å². The standard InChI is InChI=1S/C26H26BrClN2O5/c1-2-34-22-14-16(13-20(27)23(22)35-15-17-8-6-7-11-21(17)28)12-19-24(31)29-26(33)30(25(19)32)18-9-4-3-5-10-18/h6-8,11-14,18H,2-5,9-10,15H2,1H3,(H,29,31,33). The molecule has 1 saturated carbocycles. The van der Waals surface area contributed by atoms with Gasteiger partial charge >= 0.3 is 6.03 Å². The van der Waals surface area contributed by atoms with Crippen LogP contribution in [0.1, 0.15) is 50.2 Å². The molecule has 0 radical (unpaired) electrons. The summed E-state index contributed by atoms with van der Waals surface area (Å²) in [5.74, 6) is -0.351. The highest BCUT2D eigenvalue weighted by molar-refractivity contribution is 9.10. The first-order chi connectivity index (χ1) is 16.9.